The average Bonchev–Trinajstić information content (AvgIpc) is 3.04. The van der Waals surface area contributed by atoms with Gasteiger partial charge in [0.15, 0.2) is 11.2 Å². The lowest BCUT2D eigenvalue weighted by Gasteiger charge is -2.16. The van der Waals surface area contributed by atoms with Gasteiger partial charge in [-0.05, 0) is 25.9 Å². The Morgan fingerprint density at radius 1 is 1.16 bits per heavy atom. The van der Waals surface area contributed by atoms with E-state index in [0.29, 0.717) is 17.8 Å². The minimum absolute atomic E-state index is 0.319. The van der Waals surface area contributed by atoms with Gasteiger partial charge >= 0.3 is 5.69 Å². The van der Waals surface area contributed by atoms with Crippen LogP contribution in [0.2, 0.25) is 0 Å². The van der Waals surface area contributed by atoms with E-state index >= 15 is 0 Å². The van der Waals surface area contributed by atoms with E-state index in [0.717, 1.165) is 17.7 Å². The molecule has 1 aliphatic heterocycles. The van der Waals surface area contributed by atoms with Crippen molar-refractivity contribution in [2.75, 3.05) is 13.1 Å². The van der Waals surface area contributed by atoms with E-state index in [2.05, 4.69) is 9.88 Å². The Hall–Kier alpha value is -1.89. The molecular formula is C12H17N5O2. The molecule has 0 unspecified atom stereocenters. The fraction of sp³-hybridized carbons (Fsp3) is 0.583. The van der Waals surface area contributed by atoms with Gasteiger partial charge < -0.3 is 4.57 Å². The van der Waals surface area contributed by atoms with Crippen molar-refractivity contribution in [3.63, 3.8) is 0 Å². The number of imidazole rings is 1. The first-order valence-corrected chi connectivity index (χ1v) is 6.43. The fourth-order valence-electron chi connectivity index (χ4n) is 2.68. The highest BCUT2D eigenvalue weighted by Crippen LogP contribution is 2.12. The topological polar surface area (TPSA) is 65.1 Å². The summed E-state index contributed by atoms with van der Waals surface area (Å²) in [6.07, 6.45) is 4.05. The van der Waals surface area contributed by atoms with E-state index in [4.69, 9.17) is 0 Å². The zero-order chi connectivity index (χ0) is 13.6. The Balaban J connectivity index is 2.17. The summed E-state index contributed by atoms with van der Waals surface area (Å²) in [5.41, 5.74) is 0.294. The predicted molar refractivity (Wildman–Crippen MR) is 71.0 cm³/mol. The van der Waals surface area contributed by atoms with E-state index < -0.39 is 0 Å². The largest absolute Gasteiger partial charge is 0.332 e. The first-order valence-electron chi connectivity index (χ1n) is 6.43. The first-order chi connectivity index (χ1) is 9.09. The summed E-state index contributed by atoms with van der Waals surface area (Å²) in [5, 5.41) is 0. The van der Waals surface area contributed by atoms with Crippen molar-refractivity contribution in [2.24, 2.45) is 14.1 Å². The van der Waals surface area contributed by atoms with Crippen LogP contribution in [0.3, 0.4) is 0 Å². The van der Waals surface area contributed by atoms with Gasteiger partial charge in [0.05, 0.1) is 13.0 Å². The molecule has 2 aromatic heterocycles. The van der Waals surface area contributed by atoms with Gasteiger partial charge in [0.2, 0.25) is 0 Å². The Morgan fingerprint density at radius 2 is 1.84 bits per heavy atom. The molecule has 7 heteroatoms. The van der Waals surface area contributed by atoms with Gasteiger partial charge in [0.1, 0.15) is 0 Å². The predicted octanol–water partition coefficient (Wildman–Crippen LogP) is -0.513. The van der Waals surface area contributed by atoms with Gasteiger partial charge in [0, 0.05) is 14.1 Å². The molecule has 1 fully saturated rings. The van der Waals surface area contributed by atoms with Gasteiger partial charge in [-0.3, -0.25) is 18.8 Å². The lowest BCUT2D eigenvalue weighted by Crippen LogP contribution is -2.37. The van der Waals surface area contributed by atoms with Crippen molar-refractivity contribution < 1.29 is 0 Å². The number of hydrogen-bond donors (Lipinski definition) is 0. The highest BCUT2D eigenvalue weighted by Gasteiger charge is 2.17. The van der Waals surface area contributed by atoms with Crippen LogP contribution in [-0.2, 0) is 20.8 Å². The zero-order valence-electron chi connectivity index (χ0n) is 11.2. The number of rotatable bonds is 2. The van der Waals surface area contributed by atoms with E-state index in [-0.39, 0.29) is 11.2 Å². The minimum atomic E-state index is -0.335. The molecule has 0 N–H and O–H groups in total. The average molecular weight is 263 g/mol. The van der Waals surface area contributed by atoms with Gasteiger partial charge in [-0.1, -0.05) is 0 Å². The number of aromatic nitrogens is 4. The monoisotopic (exact) mass is 263 g/mol. The number of hydrogen-bond acceptors (Lipinski definition) is 4. The van der Waals surface area contributed by atoms with Crippen LogP contribution in [-0.4, -0.2) is 36.7 Å². The summed E-state index contributed by atoms with van der Waals surface area (Å²) in [7, 11) is 3.15. The van der Waals surface area contributed by atoms with Crippen LogP contribution in [0.15, 0.2) is 15.9 Å². The summed E-state index contributed by atoms with van der Waals surface area (Å²) in [4.78, 5) is 30.4. The summed E-state index contributed by atoms with van der Waals surface area (Å²) in [6, 6.07) is 0. The molecule has 0 amide bonds. The highest BCUT2D eigenvalue weighted by molar-refractivity contribution is 5.69. The zero-order valence-corrected chi connectivity index (χ0v) is 11.2. The smallest absolute Gasteiger partial charge is 0.303 e. The molecule has 0 atom stereocenters. The van der Waals surface area contributed by atoms with Crippen molar-refractivity contribution in [2.45, 2.75) is 19.5 Å². The maximum atomic E-state index is 12.0. The number of aryl methyl sites for hydroxylation is 1. The van der Waals surface area contributed by atoms with Crippen molar-refractivity contribution in [1.29, 1.82) is 0 Å². The molecule has 1 saturated heterocycles. The molecule has 3 rings (SSSR count). The van der Waals surface area contributed by atoms with Crippen LogP contribution in [0.4, 0.5) is 0 Å². The Bertz CT molecular complexity index is 733. The molecule has 1 aliphatic rings. The van der Waals surface area contributed by atoms with Crippen molar-refractivity contribution in [3.8, 4) is 0 Å². The van der Waals surface area contributed by atoms with Crippen LogP contribution in [0.5, 0.6) is 0 Å². The van der Waals surface area contributed by atoms with Crippen molar-refractivity contribution in [1.82, 2.24) is 23.6 Å². The second kappa shape index (κ2) is 4.34. The Morgan fingerprint density at radius 3 is 2.53 bits per heavy atom. The van der Waals surface area contributed by atoms with Crippen molar-refractivity contribution in [3.05, 3.63) is 27.2 Å². The van der Waals surface area contributed by atoms with E-state index in [1.54, 1.807) is 13.4 Å². The third-order valence-electron chi connectivity index (χ3n) is 3.76. The summed E-state index contributed by atoms with van der Waals surface area (Å²) in [6.45, 7) is 2.79. The second-order valence-corrected chi connectivity index (χ2v) is 5.06. The molecular weight excluding hydrogens is 246 g/mol. The van der Waals surface area contributed by atoms with Gasteiger partial charge in [0.25, 0.3) is 5.56 Å². The molecule has 3 heterocycles. The van der Waals surface area contributed by atoms with Crippen LogP contribution < -0.4 is 11.2 Å². The maximum absolute atomic E-state index is 12.0. The molecule has 2 aromatic rings. The minimum Gasteiger partial charge on any atom is -0.303 e. The van der Waals surface area contributed by atoms with Crippen LogP contribution in [0.1, 0.15) is 12.8 Å². The molecule has 19 heavy (non-hydrogen) atoms. The normalized spacial score (nSPS) is 16.5. The highest BCUT2D eigenvalue weighted by atomic mass is 16.2. The Kier molecular flexibility index (Phi) is 2.78. The lowest BCUT2D eigenvalue weighted by molar-refractivity contribution is 0.273. The third kappa shape index (κ3) is 1.81. The maximum Gasteiger partial charge on any atom is 0.332 e. The summed E-state index contributed by atoms with van der Waals surface area (Å²) < 4.78 is 4.46. The molecule has 0 aromatic carbocycles. The molecule has 0 spiro atoms. The van der Waals surface area contributed by atoms with Crippen LogP contribution in [0.25, 0.3) is 11.2 Å². The van der Waals surface area contributed by atoms with E-state index in [1.165, 1.54) is 24.5 Å². The molecule has 0 bridgehead atoms. The fourth-order valence-corrected chi connectivity index (χ4v) is 2.68. The van der Waals surface area contributed by atoms with Gasteiger partial charge in [-0.15, -0.1) is 0 Å². The van der Waals surface area contributed by atoms with E-state index in [9.17, 15) is 9.59 Å². The van der Waals surface area contributed by atoms with Gasteiger partial charge in [-0.25, -0.2) is 9.78 Å². The standard InChI is InChI=1S/C12H17N5O2/c1-14-10-9(11(18)15(2)12(14)19)13-7-17(10)8-16-5-3-4-6-16/h7H,3-6,8H2,1-2H3. The first kappa shape index (κ1) is 12.2. The number of nitrogens with zero attached hydrogens (tertiary/aromatic N) is 5. The molecule has 102 valence electrons. The second-order valence-electron chi connectivity index (χ2n) is 5.06. The lowest BCUT2D eigenvalue weighted by atomic mass is 10.4. The van der Waals surface area contributed by atoms with Gasteiger partial charge in [-0.2, -0.15) is 0 Å². The van der Waals surface area contributed by atoms with Crippen molar-refractivity contribution >= 4 is 11.2 Å². The molecule has 7 nitrogen and oxygen atoms in total. The molecule has 0 radical (unpaired) electrons. The number of fused-ring (bicyclic) bond motifs is 1. The summed E-state index contributed by atoms with van der Waals surface area (Å²) >= 11 is 0. The molecule has 0 aliphatic carbocycles. The summed E-state index contributed by atoms with van der Waals surface area (Å²) in [5.74, 6) is 0. The van der Waals surface area contributed by atoms with Crippen LogP contribution in [0, 0.1) is 0 Å². The van der Waals surface area contributed by atoms with Crippen LogP contribution >= 0.6 is 0 Å². The quantitative estimate of drug-likeness (QED) is 0.732. The van der Waals surface area contributed by atoms with E-state index in [1.807, 2.05) is 4.57 Å². The third-order valence-corrected chi connectivity index (χ3v) is 3.76. The number of likely N-dealkylation sites (tertiary alicyclic amines) is 1. The molecule has 0 saturated carbocycles. The SMILES string of the molecule is Cn1c(=O)c2ncn(CN3CCCC3)c2n(C)c1=O. The Labute approximate surface area is 109 Å².